The highest BCUT2D eigenvalue weighted by Gasteiger charge is 2.19. The quantitative estimate of drug-likeness (QED) is 0.417. The number of rotatable bonds is 5. The van der Waals surface area contributed by atoms with Crippen molar-refractivity contribution in [2.24, 2.45) is 0 Å². The predicted octanol–water partition coefficient (Wildman–Crippen LogP) is 5.98. The van der Waals surface area contributed by atoms with Gasteiger partial charge in [0.15, 0.2) is 11.5 Å². The Balaban J connectivity index is 1.72. The largest absolute Gasteiger partial charge is 0.360 e. The van der Waals surface area contributed by atoms with E-state index >= 15 is 0 Å². The maximum atomic E-state index is 12.3. The third-order valence-corrected chi connectivity index (χ3v) is 4.92. The number of hydrogen-bond acceptors (Lipinski definition) is 4. The summed E-state index contributed by atoms with van der Waals surface area (Å²) >= 11 is 7.15. The summed E-state index contributed by atoms with van der Waals surface area (Å²) in [5.41, 5.74) is 2.15. The van der Waals surface area contributed by atoms with Gasteiger partial charge in [0.05, 0.1) is 15.8 Å². The van der Waals surface area contributed by atoms with Crippen LogP contribution < -0.4 is 0 Å². The average molecular weight is 357 g/mol. The van der Waals surface area contributed by atoms with E-state index in [2.05, 4.69) is 10.0 Å². The molecule has 0 saturated carbocycles. The first-order valence-electron chi connectivity index (χ1n) is 7.30. The number of benzene rings is 1. The molecule has 0 unspecified atom stereocenters. The van der Waals surface area contributed by atoms with Crippen LogP contribution in [0.4, 0.5) is 5.69 Å². The minimum absolute atomic E-state index is 0.0405. The van der Waals surface area contributed by atoms with Gasteiger partial charge in [-0.3, -0.25) is 4.79 Å². The average Bonchev–Trinajstić information content (AvgIpc) is 3.24. The minimum Gasteiger partial charge on any atom is -0.360 e. The van der Waals surface area contributed by atoms with Crippen LogP contribution in [0.2, 0.25) is 4.34 Å². The molecule has 0 spiro atoms. The molecule has 3 rings (SSSR count). The van der Waals surface area contributed by atoms with Gasteiger partial charge in [0, 0.05) is 24.0 Å². The van der Waals surface area contributed by atoms with Crippen molar-refractivity contribution < 1.29 is 9.32 Å². The van der Waals surface area contributed by atoms with Crippen LogP contribution in [-0.4, -0.2) is 10.9 Å². The van der Waals surface area contributed by atoms with Crippen molar-refractivity contribution in [2.75, 3.05) is 0 Å². The minimum atomic E-state index is -0.0814. The SMILES string of the molecule is [C-]#[N+]c1ccc(-c2cc([C@@H](C)CC(=O)c3ccc(Cl)s3)on2)cc1. The molecular formula is C18H13ClN2O2S. The maximum absolute atomic E-state index is 12.3. The molecule has 0 bridgehead atoms. The number of aromatic nitrogens is 1. The third kappa shape index (κ3) is 3.56. The summed E-state index contributed by atoms with van der Waals surface area (Å²) in [6.45, 7) is 8.90. The number of carbonyl (C=O) groups excluding carboxylic acids is 1. The summed E-state index contributed by atoms with van der Waals surface area (Å²) in [7, 11) is 0. The summed E-state index contributed by atoms with van der Waals surface area (Å²) in [6.07, 6.45) is 0.335. The first kappa shape index (κ1) is 16.4. The van der Waals surface area contributed by atoms with Crippen molar-refractivity contribution >= 4 is 34.4 Å². The van der Waals surface area contributed by atoms with E-state index in [9.17, 15) is 4.79 Å². The second-order valence-corrected chi connectivity index (χ2v) is 7.12. The molecule has 0 fully saturated rings. The molecule has 120 valence electrons. The van der Waals surface area contributed by atoms with E-state index < -0.39 is 0 Å². The van der Waals surface area contributed by atoms with Crippen LogP contribution >= 0.6 is 22.9 Å². The van der Waals surface area contributed by atoms with Crippen molar-refractivity contribution in [3.05, 3.63) is 68.9 Å². The zero-order valence-electron chi connectivity index (χ0n) is 12.8. The molecule has 2 aromatic heterocycles. The van der Waals surface area contributed by atoms with Gasteiger partial charge in [0.2, 0.25) is 0 Å². The second-order valence-electron chi connectivity index (χ2n) is 5.41. The monoisotopic (exact) mass is 356 g/mol. The molecule has 0 N–H and O–H groups in total. The maximum Gasteiger partial charge on any atom is 0.187 e. The van der Waals surface area contributed by atoms with E-state index in [1.165, 1.54) is 11.3 Å². The van der Waals surface area contributed by atoms with Gasteiger partial charge >= 0.3 is 0 Å². The zero-order valence-corrected chi connectivity index (χ0v) is 14.4. The lowest BCUT2D eigenvalue weighted by molar-refractivity contribution is 0.0975. The van der Waals surface area contributed by atoms with E-state index in [0.717, 1.165) is 5.56 Å². The van der Waals surface area contributed by atoms with Gasteiger partial charge < -0.3 is 4.52 Å². The first-order chi connectivity index (χ1) is 11.6. The fourth-order valence-corrected chi connectivity index (χ4v) is 3.30. The molecule has 0 aliphatic heterocycles. The summed E-state index contributed by atoms with van der Waals surface area (Å²) < 4.78 is 6.00. The Kier molecular flexibility index (Phi) is 4.79. The van der Waals surface area contributed by atoms with Gasteiger partial charge in [-0.05, 0) is 12.1 Å². The lowest BCUT2D eigenvalue weighted by Crippen LogP contribution is -2.02. The predicted molar refractivity (Wildman–Crippen MR) is 94.9 cm³/mol. The number of carbonyl (C=O) groups is 1. The van der Waals surface area contributed by atoms with Gasteiger partial charge in [0.25, 0.3) is 0 Å². The van der Waals surface area contributed by atoms with Crippen LogP contribution in [0.1, 0.15) is 34.7 Å². The number of Topliss-reactive ketones (excluding diaryl/α,β-unsaturated/α-hetero) is 1. The smallest absolute Gasteiger partial charge is 0.187 e. The number of ketones is 1. The van der Waals surface area contributed by atoms with Gasteiger partial charge in [-0.2, -0.15) is 0 Å². The van der Waals surface area contributed by atoms with Gasteiger partial charge in [-0.1, -0.05) is 47.9 Å². The number of nitrogens with zero attached hydrogens (tertiary/aromatic N) is 2. The molecule has 3 aromatic rings. The second kappa shape index (κ2) is 7.00. The van der Waals surface area contributed by atoms with Crippen molar-refractivity contribution in [1.82, 2.24) is 5.16 Å². The Hall–Kier alpha value is -2.42. The fourth-order valence-electron chi connectivity index (χ4n) is 2.31. The van der Waals surface area contributed by atoms with Crippen molar-refractivity contribution in [3.63, 3.8) is 0 Å². The van der Waals surface area contributed by atoms with Crippen LogP contribution in [0.5, 0.6) is 0 Å². The number of thiophene rings is 1. The Morgan fingerprint density at radius 1 is 1.33 bits per heavy atom. The van der Waals surface area contributed by atoms with Crippen molar-refractivity contribution in [2.45, 2.75) is 19.3 Å². The fraction of sp³-hybridized carbons (Fsp3) is 0.167. The molecule has 1 atom stereocenters. The molecule has 4 nitrogen and oxygen atoms in total. The van der Waals surface area contributed by atoms with Crippen LogP contribution in [0, 0.1) is 6.57 Å². The van der Waals surface area contributed by atoms with Crippen molar-refractivity contribution in [1.29, 1.82) is 0 Å². The van der Waals surface area contributed by atoms with Gasteiger partial charge in [-0.25, -0.2) is 4.85 Å². The number of hydrogen-bond donors (Lipinski definition) is 0. The summed E-state index contributed by atoms with van der Waals surface area (Å²) in [5, 5.41) is 4.06. The molecular weight excluding hydrogens is 344 g/mol. The Morgan fingerprint density at radius 3 is 2.71 bits per heavy atom. The lowest BCUT2D eigenvalue weighted by atomic mass is 10.00. The van der Waals surface area contributed by atoms with Crippen LogP contribution in [0.3, 0.4) is 0 Å². The van der Waals surface area contributed by atoms with Crippen molar-refractivity contribution in [3.8, 4) is 11.3 Å². The Morgan fingerprint density at radius 2 is 2.08 bits per heavy atom. The lowest BCUT2D eigenvalue weighted by Gasteiger charge is -2.04. The molecule has 0 radical (unpaired) electrons. The normalized spacial score (nSPS) is 11.9. The van der Waals surface area contributed by atoms with Gasteiger partial charge in [-0.15, -0.1) is 11.3 Å². The molecule has 1 aromatic carbocycles. The van der Waals surface area contributed by atoms with E-state index in [1.54, 1.807) is 24.3 Å². The third-order valence-electron chi connectivity index (χ3n) is 3.65. The Labute approximate surface area is 148 Å². The van der Waals surface area contributed by atoms with E-state index in [-0.39, 0.29) is 11.7 Å². The molecule has 6 heteroatoms. The van der Waals surface area contributed by atoms with Crippen LogP contribution in [0.15, 0.2) is 47.0 Å². The standard InChI is InChI=1S/C18H13ClN2O2S/c1-11(9-15(22)17-7-8-18(19)24-17)16-10-14(21-23-16)12-3-5-13(20-2)6-4-12/h3-8,10-11H,9H2,1H3/t11-/m0/s1. The van der Waals surface area contributed by atoms with E-state index in [4.69, 9.17) is 22.7 Å². The highest BCUT2D eigenvalue weighted by Crippen LogP contribution is 2.29. The van der Waals surface area contributed by atoms with E-state index in [0.29, 0.717) is 32.8 Å². The van der Waals surface area contributed by atoms with Gasteiger partial charge in [0.1, 0.15) is 11.5 Å². The first-order valence-corrected chi connectivity index (χ1v) is 8.49. The van der Waals surface area contributed by atoms with E-state index in [1.807, 2.05) is 25.1 Å². The molecule has 0 saturated heterocycles. The molecule has 0 amide bonds. The molecule has 2 heterocycles. The number of halogens is 1. The highest BCUT2D eigenvalue weighted by molar-refractivity contribution is 7.18. The summed E-state index contributed by atoms with van der Waals surface area (Å²) in [5.74, 6) is 0.621. The summed E-state index contributed by atoms with van der Waals surface area (Å²) in [4.78, 5) is 16.3. The highest BCUT2D eigenvalue weighted by atomic mass is 35.5. The van der Waals surface area contributed by atoms with Crippen LogP contribution in [0.25, 0.3) is 16.1 Å². The summed E-state index contributed by atoms with van der Waals surface area (Å²) in [6, 6.07) is 12.5. The van der Waals surface area contributed by atoms with Crippen LogP contribution in [-0.2, 0) is 0 Å². The molecule has 0 aliphatic carbocycles. The molecule has 24 heavy (non-hydrogen) atoms. The molecule has 0 aliphatic rings. The Bertz CT molecular complexity index is 906. The zero-order chi connectivity index (χ0) is 17.1. The topological polar surface area (TPSA) is 47.5 Å².